The smallest absolute Gasteiger partial charge is 0.0701 e. The molecule has 0 aromatic carbocycles. The molecule has 0 aromatic heterocycles. The highest BCUT2D eigenvalue weighted by Gasteiger charge is 1.87. The molecule has 0 amide bonds. The van der Waals surface area contributed by atoms with Gasteiger partial charge in [-0.1, -0.05) is 0 Å². The molecule has 4 heteroatoms. The maximum atomic E-state index is 5.22. The first kappa shape index (κ1) is 11.6. The molecule has 0 fully saturated rings. The molecule has 0 bridgehead atoms. The summed E-state index contributed by atoms with van der Waals surface area (Å²) in [5.74, 6) is 0. The van der Waals surface area contributed by atoms with Crippen LogP contribution in [-0.2, 0) is 9.47 Å². The molecule has 0 aliphatic rings. The summed E-state index contributed by atoms with van der Waals surface area (Å²) in [5.41, 5.74) is 5.22. The lowest BCUT2D eigenvalue weighted by molar-refractivity contribution is 0.0540. The Labute approximate surface area is 73.8 Å². The molecule has 12 heavy (non-hydrogen) atoms. The largest absolute Gasteiger partial charge is 0.378 e. The Hall–Kier alpha value is -0.450. The Kier molecular flexibility index (Phi) is 10.2. The van der Waals surface area contributed by atoms with Gasteiger partial charge in [0.2, 0.25) is 0 Å². The fourth-order valence-electron chi connectivity index (χ4n) is 0.652. The number of ether oxygens (including phenoxy) is 2. The number of rotatable bonds is 8. The zero-order valence-corrected chi connectivity index (χ0v) is 7.66. The minimum atomic E-state index is 0.570. The molecule has 0 unspecified atom stereocenters. The molecule has 4 nitrogen and oxygen atoms in total. The molecule has 0 atom stereocenters. The van der Waals surface area contributed by atoms with E-state index in [1.807, 2.05) is 6.92 Å². The lowest BCUT2D eigenvalue weighted by Gasteiger charge is -2.02. The number of nitrogens with two attached hydrogens (primary N) is 1. The molecule has 0 heterocycles. The molecule has 0 saturated heterocycles. The van der Waals surface area contributed by atoms with E-state index >= 15 is 0 Å². The van der Waals surface area contributed by atoms with Crippen LogP contribution in [0.3, 0.4) is 0 Å². The Balaban J connectivity index is 2.81. The van der Waals surface area contributed by atoms with Crippen LogP contribution in [0, 0.1) is 0 Å². The summed E-state index contributed by atoms with van der Waals surface area (Å²) < 4.78 is 10.3. The Morgan fingerprint density at radius 3 is 2.42 bits per heavy atom. The molecule has 0 spiro atoms. The molecule has 0 aliphatic heterocycles. The van der Waals surface area contributed by atoms with Crippen LogP contribution < -0.4 is 5.73 Å². The summed E-state index contributed by atoms with van der Waals surface area (Å²) >= 11 is 0. The SMILES string of the molecule is CC=NCCOCCOCCN. The van der Waals surface area contributed by atoms with E-state index < -0.39 is 0 Å². The van der Waals surface area contributed by atoms with Crippen LogP contribution in [-0.4, -0.2) is 45.7 Å². The lowest BCUT2D eigenvalue weighted by atomic mass is 10.6. The normalized spacial score (nSPS) is 11.2. The van der Waals surface area contributed by atoms with Gasteiger partial charge in [0.05, 0.1) is 33.0 Å². The standard InChI is InChI=1S/C8H18N2O2/c1-2-10-4-6-12-8-7-11-5-3-9/h2H,3-9H2,1H3. The van der Waals surface area contributed by atoms with Gasteiger partial charge in [0.25, 0.3) is 0 Å². The Morgan fingerprint density at radius 2 is 1.83 bits per heavy atom. The van der Waals surface area contributed by atoms with Gasteiger partial charge >= 0.3 is 0 Å². The summed E-state index contributed by atoms with van der Waals surface area (Å²) in [6.07, 6.45) is 1.77. The second kappa shape index (κ2) is 10.6. The van der Waals surface area contributed by atoms with Crippen molar-refractivity contribution in [2.45, 2.75) is 6.92 Å². The van der Waals surface area contributed by atoms with Gasteiger partial charge in [0, 0.05) is 6.54 Å². The van der Waals surface area contributed by atoms with E-state index in [0.717, 1.165) is 6.54 Å². The molecule has 0 rings (SSSR count). The monoisotopic (exact) mass is 174 g/mol. The third-order valence-corrected chi connectivity index (χ3v) is 1.18. The van der Waals surface area contributed by atoms with Gasteiger partial charge in [0.15, 0.2) is 0 Å². The molecule has 0 aromatic rings. The fourth-order valence-corrected chi connectivity index (χ4v) is 0.652. The van der Waals surface area contributed by atoms with Gasteiger partial charge in [-0.2, -0.15) is 0 Å². The maximum absolute atomic E-state index is 5.22. The van der Waals surface area contributed by atoms with Crippen molar-refractivity contribution < 1.29 is 9.47 Å². The van der Waals surface area contributed by atoms with Gasteiger partial charge in [-0.3, -0.25) is 4.99 Å². The second-order valence-electron chi connectivity index (χ2n) is 2.18. The summed E-state index contributed by atoms with van der Waals surface area (Å²) in [7, 11) is 0. The van der Waals surface area contributed by atoms with E-state index in [9.17, 15) is 0 Å². The van der Waals surface area contributed by atoms with E-state index in [4.69, 9.17) is 15.2 Å². The zero-order chi connectivity index (χ0) is 9.07. The van der Waals surface area contributed by atoms with Crippen molar-refractivity contribution in [2.75, 3.05) is 39.5 Å². The summed E-state index contributed by atoms with van der Waals surface area (Å²) in [4.78, 5) is 3.99. The van der Waals surface area contributed by atoms with Gasteiger partial charge in [-0.25, -0.2) is 0 Å². The van der Waals surface area contributed by atoms with Crippen LogP contribution in [0.5, 0.6) is 0 Å². The maximum Gasteiger partial charge on any atom is 0.0701 e. The predicted octanol–water partition coefficient (Wildman–Crippen LogP) is 0.0690. The van der Waals surface area contributed by atoms with Crippen molar-refractivity contribution in [1.29, 1.82) is 0 Å². The highest BCUT2D eigenvalue weighted by Crippen LogP contribution is 1.78. The Morgan fingerprint density at radius 1 is 1.17 bits per heavy atom. The topological polar surface area (TPSA) is 56.8 Å². The minimum absolute atomic E-state index is 0.570. The van der Waals surface area contributed by atoms with Crippen molar-refractivity contribution in [3.8, 4) is 0 Å². The lowest BCUT2D eigenvalue weighted by Crippen LogP contribution is -2.12. The molecule has 72 valence electrons. The summed E-state index contributed by atoms with van der Waals surface area (Å²) in [6.45, 7) is 5.71. The van der Waals surface area contributed by atoms with Gasteiger partial charge in [-0.15, -0.1) is 0 Å². The number of nitrogens with zero attached hydrogens (tertiary/aromatic N) is 1. The van der Waals surface area contributed by atoms with Crippen molar-refractivity contribution in [2.24, 2.45) is 10.7 Å². The van der Waals surface area contributed by atoms with Crippen LogP contribution in [0.1, 0.15) is 6.92 Å². The van der Waals surface area contributed by atoms with E-state index in [2.05, 4.69) is 4.99 Å². The molecule has 0 radical (unpaired) electrons. The van der Waals surface area contributed by atoms with Crippen molar-refractivity contribution in [1.82, 2.24) is 0 Å². The zero-order valence-electron chi connectivity index (χ0n) is 7.66. The van der Waals surface area contributed by atoms with Crippen molar-refractivity contribution in [3.63, 3.8) is 0 Å². The van der Waals surface area contributed by atoms with E-state index in [1.54, 1.807) is 6.21 Å². The van der Waals surface area contributed by atoms with E-state index in [1.165, 1.54) is 0 Å². The highest BCUT2D eigenvalue weighted by molar-refractivity contribution is 5.53. The number of hydrogen-bond acceptors (Lipinski definition) is 4. The van der Waals surface area contributed by atoms with E-state index in [0.29, 0.717) is 33.0 Å². The third kappa shape index (κ3) is 9.55. The predicted molar refractivity (Wildman–Crippen MR) is 49.7 cm³/mol. The summed E-state index contributed by atoms with van der Waals surface area (Å²) in [6, 6.07) is 0. The van der Waals surface area contributed by atoms with Crippen LogP contribution >= 0.6 is 0 Å². The quantitative estimate of drug-likeness (QED) is 0.418. The van der Waals surface area contributed by atoms with E-state index in [-0.39, 0.29) is 0 Å². The van der Waals surface area contributed by atoms with Crippen LogP contribution in [0.25, 0.3) is 0 Å². The highest BCUT2D eigenvalue weighted by atomic mass is 16.5. The first-order valence-electron chi connectivity index (χ1n) is 4.21. The van der Waals surface area contributed by atoms with Crippen LogP contribution in [0.2, 0.25) is 0 Å². The fraction of sp³-hybridized carbons (Fsp3) is 0.875. The van der Waals surface area contributed by atoms with Crippen LogP contribution in [0.4, 0.5) is 0 Å². The van der Waals surface area contributed by atoms with Gasteiger partial charge in [0.1, 0.15) is 0 Å². The average molecular weight is 174 g/mol. The third-order valence-electron chi connectivity index (χ3n) is 1.18. The Bertz CT molecular complexity index is 107. The van der Waals surface area contributed by atoms with Gasteiger partial charge in [-0.05, 0) is 13.1 Å². The molecule has 0 saturated carbocycles. The molecule has 0 aliphatic carbocycles. The van der Waals surface area contributed by atoms with Gasteiger partial charge < -0.3 is 15.2 Å². The molecule has 2 N–H and O–H groups in total. The first-order chi connectivity index (χ1) is 5.91. The molecular formula is C8H18N2O2. The number of hydrogen-bond donors (Lipinski definition) is 1. The minimum Gasteiger partial charge on any atom is -0.378 e. The summed E-state index contributed by atoms with van der Waals surface area (Å²) in [5, 5.41) is 0. The average Bonchev–Trinajstić information content (AvgIpc) is 2.10. The van der Waals surface area contributed by atoms with Crippen molar-refractivity contribution >= 4 is 6.21 Å². The number of aliphatic imine (C=N–C) groups is 1. The second-order valence-corrected chi connectivity index (χ2v) is 2.18. The first-order valence-corrected chi connectivity index (χ1v) is 4.21. The molecular weight excluding hydrogens is 156 g/mol. The van der Waals surface area contributed by atoms with Crippen molar-refractivity contribution in [3.05, 3.63) is 0 Å². The van der Waals surface area contributed by atoms with Crippen LogP contribution in [0.15, 0.2) is 4.99 Å².